The molecule has 0 heterocycles. The van der Waals surface area contributed by atoms with Crippen molar-refractivity contribution in [1.29, 1.82) is 0 Å². The van der Waals surface area contributed by atoms with Crippen LogP contribution in [-0.2, 0) is 9.53 Å². The van der Waals surface area contributed by atoms with Crippen LogP contribution in [0.2, 0.25) is 0 Å². The minimum Gasteiger partial charge on any atom is -0.452 e. The number of nitro groups is 1. The molecule has 0 saturated heterocycles. The Labute approximate surface area is 141 Å². The Morgan fingerprint density at radius 2 is 2.00 bits per heavy atom. The first-order valence-corrected chi connectivity index (χ1v) is 7.05. The maximum atomic E-state index is 13.6. The molecule has 0 aromatic heterocycles. The minimum atomic E-state index is -0.942. The minimum absolute atomic E-state index is 0.0465. The number of esters is 1. The van der Waals surface area contributed by atoms with Gasteiger partial charge in [-0.25, -0.2) is 9.18 Å². The number of nitrogens with two attached hydrogens (primary N) is 1. The third-order valence-electron chi connectivity index (χ3n) is 3.20. The summed E-state index contributed by atoms with van der Waals surface area (Å²) in [6.45, 7) is 1.02. The van der Waals surface area contributed by atoms with E-state index in [0.29, 0.717) is 5.56 Å². The number of rotatable bonds is 5. The molecule has 0 aliphatic heterocycles. The quantitative estimate of drug-likeness (QED) is 0.370. The van der Waals surface area contributed by atoms with Crippen molar-refractivity contribution < 1.29 is 23.6 Å². The number of carbonyl (C=O) groups excluding carboxylic acids is 2. The summed E-state index contributed by atoms with van der Waals surface area (Å²) in [4.78, 5) is 33.6. The monoisotopic (exact) mass is 347 g/mol. The summed E-state index contributed by atoms with van der Waals surface area (Å²) >= 11 is 0. The Kier molecular flexibility index (Phi) is 5.28. The van der Waals surface area contributed by atoms with Crippen LogP contribution in [-0.4, -0.2) is 23.4 Å². The van der Waals surface area contributed by atoms with Crippen molar-refractivity contribution in [3.8, 4) is 0 Å². The molecule has 0 unspecified atom stereocenters. The Hall–Kier alpha value is -3.49. The summed E-state index contributed by atoms with van der Waals surface area (Å²) in [5.41, 5.74) is 5.39. The second kappa shape index (κ2) is 7.39. The Morgan fingerprint density at radius 3 is 2.64 bits per heavy atom. The van der Waals surface area contributed by atoms with Crippen molar-refractivity contribution >= 4 is 28.9 Å². The predicted molar refractivity (Wildman–Crippen MR) is 87.6 cm³/mol. The molecule has 0 aliphatic carbocycles. The van der Waals surface area contributed by atoms with E-state index in [0.717, 1.165) is 6.07 Å². The topological polar surface area (TPSA) is 125 Å². The van der Waals surface area contributed by atoms with Gasteiger partial charge < -0.3 is 15.8 Å². The van der Waals surface area contributed by atoms with Crippen molar-refractivity contribution in [2.45, 2.75) is 6.92 Å². The third kappa shape index (κ3) is 4.50. The van der Waals surface area contributed by atoms with Crippen LogP contribution < -0.4 is 11.1 Å². The molecule has 25 heavy (non-hydrogen) atoms. The fourth-order valence-corrected chi connectivity index (χ4v) is 1.95. The van der Waals surface area contributed by atoms with E-state index in [1.807, 2.05) is 0 Å². The van der Waals surface area contributed by atoms with Gasteiger partial charge in [-0.1, -0.05) is 6.07 Å². The van der Waals surface area contributed by atoms with E-state index in [4.69, 9.17) is 10.5 Å². The van der Waals surface area contributed by atoms with Crippen LogP contribution in [0.4, 0.5) is 21.5 Å². The van der Waals surface area contributed by atoms with Crippen LogP contribution in [0.1, 0.15) is 15.9 Å². The highest BCUT2D eigenvalue weighted by Crippen LogP contribution is 2.22. The van der Waals surface area contributed by atoms with E-state index in [2.05, 4.69) is 5.32 Å². The largest absolute Gasteiger partial charge is 0.452 e. The normalized spacial score (nSPS) is 10.2. The van der Waals surface area contributed by atoms with Crippen LogP contribution in [0.25, 0.3) is 0 Å². The van der Waals surface area contributed by atoms with Gasteiger partial charge in [-0.2, -0.15) is 0 Å². The molecule has 0 spiro atoms. The van der Waals surface area contributed by atoms with Gasteiger partial charge in [0.1, 0.15) is 11.5 Å². The Balaban J connectivity index is 1.98. The number of nitrogens with zero attached hydrogens (tertiary/aromatic N) is 1. The predicted octanol–water partition coefficient (Wildman–Crippen LogP) is 2.42. The molecular formula is C16H14FN3O5. The lowest BCUT2D eigenvalue weighted by atomic mass is 10.2. The zero-order valence-corrected chi connectivity index (χ0v) is 13.1. The molecule has 130 valence electrons. The number of carbonyl (C=O) groups is 2. The van der Waals surface area contributed by atoms with Gasteiger partial charge in [0, 0.05) is 6.07 Å². The van der Waals surface area contributed by atoms with Crippen LogP contribution in [0.3, 0.4) is 0 Å². The maximum absolute atomic E-state index is 13.6. The van der Waals surface area contributed by atoms with Crippen LogP contribution in [0, 0.1) is 22.9 Å². The summed E-state index contributed by atoms with van der Waals surface area (Å²) in [5.74, 6) is -2.31. The van der Waals surface area contributed by atoms with Crippen LogP contribution in [0.15, 0.2) is 36.4 Å². The molecule has 0 bridgehead atoms. The van der Waals surface area contributed by atoms with Gasteiger partial charge in [-0.15, -0.1) is 0 Å². The highest BCUT2D eigenvalue weighted by atomic mass is 19.1. The van der Waals surface area contributed by atoms with Crippen LogP contribution >= 0.6 is 0 Å². The molecule has 2 rings (SSSR count). The summed E-state index contributed by atoms with van der Waals surface area (Å²) in [6.07, 6.45) is 0. The summed E-state index contributed by atoms with van der Waals surface area (Å²) in [5, 5.41) is 13.1. The second-order valence-corrected chi connectivity index (χ2v) is 5.14. The fraction of sp³-hybridized carbons (Fsp3) is 0.125. The number of aryl methyl sites for hydroxylation is 1. The molecular weight excluding hydrogens is 333 g/mol. The molecule has 8 nitrogen and oxygen atoms in total. The first kappa shape index (κ1) is 17.9. The Morgan fingerprint density at radius 1 is 1.28 bits per heavy atom. The lowest BCUT2D eigenvalue weighted by Gasteiger charge is -2.08. The smallest absolute Gasteiger partial charge is 0.338 e. The molecule has 2 aromatic carbocycles. The second-order valence-electron chi connectivity index (χ2n) is 5.14. The highest BCUT2D eigenvalue weighted by Gasteiger charge is 2.17. The summed E-state index contributed by atoms with van der Waals surface area (Å²) < 4.78 is 18.4. The number of nitrogens with one attached hydrogen (secondary N) is 1. The van der Waals surface area contributed by atoms with E-state index in [1.54, 1.807) is 13.0 Å². The number of ether oxygens (including phenoxy) is 1. The molecule has 0 saturated carbocycles. The molecule has 3 N–H and O–H groups in total. The molecule has 0 atom stereocenters. The van der Waals surface area contributed by atoms with Crippen molar-refractivity contribution in [1.82, 2.24) is 0 Å². The maximum Gasteiger partial charge on any atom is 0.338 e. The number of hydrogen-bond donors (Lipinski definition) is 2. The van der Waals surface area contributed by atoms with Gasteiger partial charge in [0.2, 0.25) is 0 Å². The van der Waals surface area contributed by atoms with Crippen molar-refractivity contribution in [3.63, 3.8) is 0 Å². The Bertz CT molecular complexity index is 854. The highest BCUT2D eigenvalue weighted by molar-refractivity contribution is 5.96. The van der Waals surface area contributed by atoms with E-state index in [-0.39, 0.29) is 16.9 Å². The first-order chi connectivity index (χ1) is 11.8. The molecule has 0 aliphatic rings. The zero-order chi connectivity index (χ0) is 18.6. The first-order valence-electron chi connectivity index (χ1n) is 7.05. The third-order valence-corrected chi connectivity index (χ3v) is 3.20. The number of nitrogen functional groups attached to an aromatic ring is 1. The van der Waals surface area contributed by atoms with Crippen molar-refractivity contribution in [2.24, 2.45) is 0 Å². The molecule has 2 aromatic rings. The average molecular weight is 347 g/mol. The number of anilines is 2. The molecule has 9 heteroatoms. The number of amides is 1. The van der Waals surface area contributed by atoms with E-state index < -0.39 is 34.9 Å². The number of hydrogen-bond acceptors (Lipinski definition) is 6. The fourth-order valence-electron chi connectivity index (χ4n) is 1.95. The molecule has 1 amide bonds. The zero-order valence-electron chi connectivity index (χ0n) is 13.1. The lowest BCUT2D eigenvalue weighted by molar-refractivity contribution is -0.383. The number of nitro benzene ring substituents is 1. The molecule has 0 radical (unpaired) electrons. The average Bonchev–Trinajstić information content (AvgIpc) is 2.55. The summed E-state index contributed by atoms with van der Waals surface area (Å²) in [6, 6.07) is 7.62. The van der Waals surface area contributed by atoms with E-state index >= 15 is 0 Å². The van der Waals surface area contributed by atoms with Gasteiger partial charge in [0.15, 0.2) is 6.61 Å². The lowest BCUT2D eigenvalue weighted by Crippen LogP contribution is -2.21. The standard InChI is InChI=1S/C16H14FN3O5/c1-9-2-5-13(11(17)6-9)19-15(21)8-25-16(22)10-3-4-12(18)14(7-10)20(23)24/h2-7H,8,18H2,1H3,(H,19,21). The SMILES string of the molecule is Cc1ccc(NC(=O)COC(=O)c2ccc(N)c([N+](=O)[O-])c2)c(F)c1. The molecule has 0 fully saturated rings. The number of benzene rings is 2. The van der Waals surface area contributed by atoms with Crippen molar-refractivity contribution in [2.75, 3.05) is 17.7 Å². The van der Waals surface area contributed by atoms with Crippen LogP contribution in [0.5, 0.6) is 0 Å². The van der Waals surface area contributed by atoms with E-state index in [9.17, 15) is 24.1 Å². The number of halogens is 1. The van der Waals surface area contributed by atoms with Gasteiger partial charge in [-0.3, -0.25) is 14.9 Å². The summed E-state index contributed by atoms with van der Waals surface area (Å²) in [7, 11) is 0. The van der Waals surface area contributed by atoms with Gasteiger partial charge >= 0.3 is 5.97 Å². The van der Waals surface area contributed by atoms with Gasteiger partial charge in [0.25, 0.3) is 11.6 Å². The van der Waals surface area contributed by atoms with Gasteiger partial charge in [0.05, 0.1) is 16.2 Å². The van der Waals surface area contributed by atoms with Crippen molar-refractivity contribution in [3.05, 3.63) is 63.5 Å². The van der Waals surface area contributed by atoms with Gasteiger partial charge in [-0.05, 0) is 36.8 Å². The van der Waals surface area contributed by atoms with E-state index in [1.165, 1.54) is 24.3 Å².